The van der Waals surface area contributed by atoms with Crippen molar-refractivity contribution in [3.8, 4) is 5.75 Å². The Bertz CT molecular complexity index is 438. The number of halogens is 1. The fourth-order valence-electron chi connectivity index (χ4n) is 1.87. The van der Waals surface area contributed by atoms with Crippen molar-refractivity contribution in [3.63, 3.8) is 0 Å². The van der Waals surface area contributed by atoms with Crippen LogP contribution in [0.2, 0.25) is 5.02 Å². The molecule has 20 heavy (non-hydrogen) atoms. The molecule has 0 aromatic heterocycles. The van der Waals surface area contributed by atoms with E-state index in [1.54, 1.807) is 7.05 Å². The SMILES string of the molecule is CCNC(C)c1ccc(OCCCC(=O)NC)c(Cl)c1. The van der Waals surface area contributed by atoms with E-state index in [0.29, 0.717) is 30.2 Å². The number of rotatable bonds is 8. The van der Waals surface area contributed by atoms with E-state index in [-0.39, 0.29) is 11.9 Å². The van der Waals surface area contributed by atoms with Crippen LogP contribution in [0.15, 0.2) is 18.2 Å². The van der Waals surface area contributed by atoms with Gasteiger partial charge in [-0.1, -0.05) is 24.6 Å². The fraction of sp³-hybridized carbons (Fsp3) is 0.533. The topological polar surface area (TPSA) is 50.4 Å². The number of hydrogen-bond acceptors (Lipinski definition) is 3. The second-order valence-electron chi connectivity index (χ2n) is 4.59. The van der Waals surface area contributed by atoms with E-state index in [0.717, 1.165) is 12.1 Å². The lowest BCUT2D eigenvalue weighted by molar-refractivity contribution is -0.120. The van der Waals surface area contributed by atoms with Gasteiger partial charge in [0.1, 0.15) is 5.75 Å². The van der Waals surface area contributed by atoms with Gasteiger partial charge in [-0.3, -0.25) is 4.79 Å². The number of amides is 1. The molecular formula is C15H23ClN2O2. The molecule has 2 N–H and O–H groups in total. The van der Waals surface area contributed by atoms with Gasteiger partial charge in [-0.2, -0.15) is 0 Å². The summed E-state index contributed by atoms with van der Waals surface area (Å²) >= 11 is 6.21. The molecule has 0 fully saturated rings. The first kappa shape index (κ1) is 16.8. The monoisotopic (exact) mass is 298 g/mol. The van der Waals surface area contributed by atoms with Gasteiger partial charge in [0, 0.05) is 19.5 Å². The Labute approximate surface area is 125 Å². The van der Waals surface area contributed by atoms with Crippen LogP contribution in [0.4, 0.5) is 0 Å². The van der Waals surface area contributed by atoms with Crippen LogP contribution in [0, 0.1) is 0 Å². The highest BCUT2D eigenvalue weighted by atomic mass is 35.5. The van der Waals surface area contributed by atoms with Gasteiger partial charge in [0.15, 0.2) is 0 Å². The van der Waals surface area contributed by atoms with E-state index < -0.39 is 0 Å². The predicted molar refractivity (Wildman–Crippen MR) is 82.3 cm³/mol. The first-order chi connectivity index (χ1) is 9.58. The van der Waals surface area contributed by atoms with Gasteiger partial charge in [-0.05, 0) is 37.6 Å². The third kappa shape index (κ3) is 5.39. The quantitative estimate of drug-likeness (QED) is 0.726. The van der Waals surface area contributed by atoms with E-state index in [2.05, 4.69) is 24.5 Å². The van der Waals surface area contributed by atoms with Crippen molar-refractivity contribution in [2.24, 2.45) is 0 Å². The maximum atomic E-state index is 11.1. The molecule has 0 saturated carbocycles. The lowest BCUT2D eigenvalue weighted by Crippen LogP contribution is -2.18. The summed E-state index contributed by atoms with van der Waals surface area (Å²) in [6.07, 6.45) is 1.13. The number of nitrogens with one attached hydrogen (secondary N) is 2. The minimum absolute atomic E-state index is 0.0227. The Morgan fingerprint density at radius 3 is 2.80 bits per heavy atom. The average Bonchev–Trinajstić information content (AvgIpc) is 2.44. The van der Waals surface area contributed by atoms with Crippen LogP contribution in [0.3, 0.4) is 0 Å². The van der Waals surface area contributed by atoms with Crippen molar-refractivity contribution in [3.05, 3.63) is 28.8 Å². The van der Waals surface area contributed by atoms with E-state index in [1.165, 1.54) is 0 Å². The van der Waals surface area contributed by atoms with Crippen molar-refractivity contribution in [1.29, 1.82) is 0 Å². The van der Waals surface area contributed by atoms with Gasteiger partial charge in [-0.15, -0.1) is 0 Å². The zero-order valence-corrected chi connectivity index (χ0v) is 13.1. The molecule has 1 rings (SSSR count). The highest BCUT2D eigenvalue weighted by Crippen LogP contribution is 2.28. The van der Waals surface area contributed by atoms with Crippen molar-refractivity contribution in [1.82, 2.24) is 10.6 Å². The molecule has 4 nitrogen and oxygen atoms in total. The number of benzene rings is 1. The van der Waals surface area contributed by atoms with Gasteiger partial charge in [-0.25, -0.2) is 0 Å². The van der Waals surface area contributed by atoms with Gasteiger partial charge >= 0.3 is 0 Å². The largest absolute Gasteiger partial charge is 0.492 e. The second-order valence-corrected chi connectivity index (χ2v) is 5.00. The molecule has 5 heteroatoms. The second kappa shape index (κ2) is 8.82. The minimum Gasteiger partial charge on any atom is -0.492 e. The lowest BCUT2D eigenvalue weighted by Gasteiger charge is -2.15. The summed E-state index contributed by atoms with van der Waals surface area (Å²) in [5.74, 6) is 0.686. The van der Waals surface area contributed by atoms with Crippen LogP contribution < -0.4 is 15.4 Å². The van der Waals surface area contributed by atoms with E-state index >= 15 is 0 Å². The van der Waals surface area contributed by atoms with Crippen LogP contribution in [0.1, 0.15) is 38.3 Å². The van der Waals surface area contributed by atoms with Gasteiger partial charge in [0.25, 0.3) is 0 Å². The normalized spacial score (nSPS) is 12.0. The van der Waals surface area contributed by atoms with Gasteiger partial charge in [0.05, 0.1) is 11.6 Å². The maximum Gasteiger partial charge on any atom is 0.219 e. The average molecular weight is 299 g/mol. The number of carbonyl (C=O) groups is 1. The molecule has 0 saturated heterocycles. The molecule has 0 radical (unpaired) electrons. The zero-order valence-electron chi connectivity index (χ0n) is 12.3. The van der Waals surface area contributed by atoms with Crippen molar-refractivity contribution < 1.29 is 9.53 Å². The Morgan fingerprint density at radius 2 is 2.20 bits per heavy atom. The van der Waals surface area contributed by atoms with Crippen molar-refractivity contribution in [2.45, 2.75) is 32.7 Å². The minimum atomic E-state index is 0.0227. The number of hydrogen-bond donors (Lipinski definition) is 2. The summed E-state index contributed by atoms with van der Waals surface area (Å²) < 4.78 is 5.59. The molecule has 0 heterocycles. The molecule has 1 aromatic rings. The molecule has 1 amide bonds. The van der Waals surface area contributed by atoms with Crippen molar-refractivity contribution >= 4 is 17.5 Å². The first-order valence-electron chi connectivity index (χ1n) is 6.94. The van der Waals surface area contributed by atoms with Crippen molar-refractivity contribution in [2.75, 3.05) is 20.2 Å². The highest BCUT2D eigenvalue weighted by molar-refractivity contribution is 6.32. The molecule has 0 aliphatic carbocycles. The molecule has 1 unspecified atom stereocenters. The Kier molecular flexibility index (Phi) is 7.41. The summed E-state index contributed by atoms with van der Waals surface area (Å²) in [6.45, 7) is 5.56. The summed E-state index contributed by atoms with van der Waals surface area (Å²) in [4.78, 5) is 11.1. The molecular weight excluding hydrogens is 276 g/mol. The summed E-state index contributed by atoms with van der Waals surface area (Å²) in [7, 11) is 1.63. The molecule has 0 aliphatic rings. The molecule has 0 aliphatic heterocycles. The fourth-order valence-corrected chi connectivity index (χ4v) is 2.11. The zero-order chi connectivity index (χ0) is 15.0. The molecule has 1 aromatic carbocycles. The highest BCUT2D eigenvalue weighted by Gasteiger charge is 2.08. The summed E-state index contributed by atoms with van der Waals surface area (Å²) in [5.41, 5.74) is 1.13. The molecule has 112 valence electrons. The smallest absolute Gasteiger partial charge is 0.219 e. The Morgan fingerprint density at radius 1 is 1.45 bits per heavy atom. The van der Waals surface area contributed by atoms with E-state index in [4.69, 9.17) is 16.3 Å². The maximum absolute atomic E-state index is 11.1. The standard InChI is InChI=1S/C15H23ClN2O2/c1-4-18-11(2)12-7-8-14(13(16)10-12)20-9-5-6-15(19)17-3/h7-8,10-11,18H,4-6,9H2,1-3H3,(H,17,19). The third-order valence-electron chi connectivity index (χ3n) is 3.05. The van der Waals surface area contributed by atoms with Crippen LogP contribution in [-0.4, -0.2) is 26.1 Å². The van der Waals surface area contributed by atoms with E-state index in [9.17, 15) is 4.79 Å². The Balaban J connectivity index is 2.49. The molecule has 1 atom stereocenters. The number of carbonyl (C=O) groups excluding carboxylic acids is 1. The predicted octanol–water partition coefficient (Wildman–Crippen LogP) is 2.92. The Hall–Kier alpha value is -1.26. The summed E-state index contributed by atoms with van der Waals surface area (Å²) in [6, 6.07) is 6.07. The van der Waals surface area contributed by atoms with Gasteiger partial charge in [0.2, 0.25) is 5.91 Å². The number of ether oxygens (including phenoxy) is 1. The van der Waals surface area contributed by atoms with Gasteiger partial charge < -0.3 is 15.4 Å². The molecule has 0 spiro atoms. The van der Waals surface area contributed by atoms with Crippen LogP contribution in [0.25, 0.3) is 0 Å². The van der Waals surface area contributed by atoms with Crippen LogP contribution >= 0.6 is 11.6 Å². The third-order valence-corrected chi connectivity index (χ3v) is 3.35. The lowest BCUT2D eigenvalue weighted by atomic mass is 10.1. The van der Waals surface area contributed by atoms with Crippen LogP contribution in [0.5, 0.6) is 5.75 Å². The van der Waals surface area contributed by atoms with E-state index in [1.807, 2.05) is 18.2 Å². The molecule has 0 bridgehead atoms. The first-order valence-corrected chi connectivity index (χ1v) is 7.32. The summed E-state index contributed by atoms with van der Waals surface area (Å²) in [5, 5.41) is 6.52. The van der Waals surface area contributed by atoms with Crippen LogP contribution in [-0.2, 0) is 4.79 Å².